The number of nitrogens with two attached hydrogens (primary N) is 1. The van der Waals surface area contributed by atoms with Gasteiger partial charge in [-0.05, 0) is 44.6 Å². The van der Waals surface area contributed by atoms with Crippen LogP contribution in [0.4, 0.5) is 0 Å². The SMILES string of the molecule is CC(N)C1CCC(C(=O)N[C@H]2C=CN=CC2)CC1. The first kappa shape index (κ1) is 13.3. The summed E-state index contributed by atoms with van der Waals surface area (Å²) in [4.78, 5) is 16.1. The molecule has 1 aliphatic heterocycles. The van der Waals surface area contributed by atoms with E-state index in [-0.39, 0.29) is 23.9 Å². The Bertz CT molecular complexity index is 341. The smallest absolute Gasteiger partial charge is 0.223 e. The molecule has 1 aliphatic carbocycles. The molecule has 1 heterocycles. The fourth-order valence-electron chi connectivity index (χ4n) is 2.78. The fourth-order valence-corrected chi connectivity index (χ4v) is 2.78. The minimum Gasteiger partial charge on any atom is -0.349 e. The highest BCUT2D eigenvalue weighted by atomic mass is 16.1. The molecule has 2 atom stereocenters. The van der Waals surface area contributed by atoms with E-state index in [1.54, 1.807) is 6.20 Å². The van der Waals surface area contributed by atoms with Crippen LogP contribution in [-0.4, -0.2) is 24.2 Å². The summed E-state index contributed by atoms with van der Waals surface area (Å²) in [5, 5.41) is 3.08. The summed E-state index contributed by atoms with van der Waals surface area (Å²) in [6.45, 7) is 2.07. The van der Waals surface area contributed by atoms with Gasteiger partial charge >= 0.3 is 0 Å². The highest BCUT2D eigenvalue weighted by molar-refractivity contribution is 5.80. The Kier molecular flexibility index (Phi) is 4.53. The maximum atomic E-state index is 12.1. The zero-order valence-corrected chi connectivity index (χ0v) is 11.0. The number of nitrogens with one attached hydrogen (secondary N) is 1. The van der Waals surface area contributed by atoms with Gasteiger partial charge in [0.15, 0.2) is 0 Å². The van der Waals surface area contributed by atoms with E-state index < -0.39 is 0 Å². The largest absolute Gasteiger partial charge is 0.349 e. The Hall–Kier alpha value is -1.16. The number of nitrogens with zero attached hydrogens (tertiary/aromatic N) is 1. The molecule has 4 nitrogen and oxygen atoms in total. The summed E-state index contributed by atoms with van der Waals surface area (Å²) < 4.78 is 0. The summed E-state index contributed by atoms with van der Waals surface area (Å²) in [5.74, 6) is 0.964. The van der Waals surface area contributed by atoms with Crippen LogP contribution in [0.15, 0.2) is 17.3 Å². The molecule has 0 radical (unpaired) electrons. The van der Waals surface area contributed by atoms with E-state index in [0.29, 0.717) is 5.92 Å². The average Bonchev–Trinajstić information content (AvgIpc) is 2.40. The lowest BCUT2D eigenvalue weighted by molar-refractivity contribution is -0.126. The van der Waals surface area contributed by atoms with E-state index in [4.69, 9.17) is 5.73 Å². The van der Waals surface area contributed by atoms with Crippen LogP contribution in [0.5, 0.6) is 0 Å². The van der Waals surface area contributed by atoms with E-state index >= 15 is 0 Å². The molecule has 4 heteroatoms. The topological polar surface area (TPSA) is 67.5 Å². The Labute approximate surface area is 109 Å². The van der Waals surface area contributed by atoms with Crippen molar-refractivity contribution in [3.63, 3.8) is 0 Å². The number of aliphatic imine (C=N–C) groups is 1. The van der Waals surface area contributed by atoms with Gasteiger partial charge in [-0.15, -0.1) is 0 Å². The van der Waals surface area contributed by atoms with E-state index in [0.717, 1.165) is 32.1 Å². The van der Waals surface area contributed by atoms with E-state index in [9.17, 15) is 4.79 Å². The third kappa shape index (κ3) is 3.42. The second-order valence-electron chi connectivity index (χ2n) is 5.49. The van der Waals surface area contributed by atoms with Gasteiger partial charge in [0.1, 0.15) is 0 Å². The molecule has 3 N–H and O–H groups in total. The minimum absolute atomic E-state index is 0.126. The summed E-state index contributed by atoms with van der Waals surface area (Å²) >= 11 is 0. The van der Waals surface area contributed by atoms with Crippen LogP contribution in [0, 0.1) is 11.8 Å². The van der Waals surface area contributed by atoms with Crippen molar-refractivity contribution in [2.75, 3.05) is 0 Å². The number of carbonyl (C=O) groups is 1. The maximum absolute atomic E-state index is 12.1. The van der Waals surface area contributed by atoms with Crippen LogP contribution >= 0.6 is 0 Å². The summed E-state index contributed by atoms with van der Waals surface area (Å²) in [7, 11) is 0. The quantitative estimate of drug-likeness (QED) is 0.798. The van der Waals surface area contributed by atoms with Gasteiger partial charge in [0.05, 0.1) is 6.04 Å². The number of amides is 1. The Balaban J connectivity index is 1.77. The van der Waals surface area contributed by atoms with Crippen LogP contribution in [-0.2, 0) is 4.79 Å². The number of hydrogen-bond donors (Lipinski definition) is 2. The molecule has 0 spiro atoms. The van der Waals surface area contributed by atoms with Crippen LogP contribution in [0.2, 0.25) is 0 Å². The summed E-state index contributed by atoms with van der Waals surface area (Å²) in [5.41, 5.74) is 5.91. The van der Waals surface area contributed by atoms with Gasteiger partial charge in [-0.25, -0.2) is 0 Å². The molecule has 0 bridgehead atoms. The van der Waals surface area contributed by atoms with Gasteiger partial charge in [0.2, 0.25) is 5.91 Å². The average molecular weight is 249 g/mol. The lowest BCUT2D eigenvalue weighted by atomic mass is 9.78. The number of rotatable bonds is 3. The molecular formula is C14H23N3O. The molecule has 0 aromatic carbocycles. The monoisotopic (exact) mass is 249 g/mol. The summed E-state index contributed by atoms with van der Waals surface area (Å²) in [6, 6.07) is 0.382. The predicted octanol–water partition coefficient (Wildman–Crippen LogP) is 1.61. The van der Waals surface area contributed by atoms with Gasteiger partial charge < -0.3 is 11.1 Å². The van der Waals surface area contributed by atoms with Gasteiger partial charge in [0.25, 0.3) is 0 Å². The molecule has 2 aliphatic rings. The van der Waals surface area contributed by atoms with E-state index in [2.05, 4.69) is 17.2 Å². The fraction of sp³-hybridized carbons (Fsp3) is 0.714. The first-order chi connectivity index (χ1) is 8.66. The highest BCUT2D eigenvalue weighted by Gasteiger charge is 2.28. The first-order valence-electron chi connectivity index (χ1n) is 6.91. The van der Waals surface area contributed by atoms with Crippen molar-refractivity contribution >= 4 is 12.1 Å². The van der Waals surface area contributed by atoms with Crippen LogP contribution in [0.25, 0.3) is 0 Å². The standard InChI is InChI=1S/C14H23N3O/c1-10(15)11-2-4-12(5-3-11)14(18)17-13-6-8-16-9-7-13/h6,8-13H,2-5,7,15H2,1H3,(H,17,18)/t10?,11?,12?,13-/m0/s1. The van der Waals surface area contributed by atoms with Gasteiger partial charge in [-0.2, -0.15) is 0 Å². The third-order valence-corrected chi connectivity index (χ3v) is 4.08. The lowest BCUT2D eigenvalue weighted by Gasteiger charge is -2.30. The van der Waals surface area contributed by atoms with Gasteiger partial charge in [-0.1, -0.05) is 0 Å². The molecule has 2 rings (SSSR count). The zero-order chi connectivity index (χ0) is 13.0. The number of carbonyl (C=O) groups excluding carboxylic acids is 1. The van der Waals surface area contributed by atoms with Crippen molar-refractivity contribution in [2.24, 2.45) is 22.6 Å². The normalized spacial score (nSPS) is 33.1. The molecule has 0 aromatic rings. The molecule has 100 valence electrons. The molecular weight excluding hydrogens is 226 g/mol. The van der Waals surface area contributed by atoms with Crippen molar-refractivity contribution in [1.29, 1.82) is 0 Å². The second-order valence-corrected chi connectivity index (χ2v) is 5.49. The summed E-state index contributed by atoms with van der Waals surface area (Å²) in [6.07, 6.45) is 10.5. The van der Waals surface area contributed by atoms with Crippen molar-refractivity contribution in [3.05, 3.63) is 12.3 Å². The van der Waals surface area contributed by atoms with Crippen molar-refractivity contribution in [3.8, 4) is 0 Å². The van der Waals surface area contributed by atoms with E-state index in [1.165, 1.54) is 0 Å². The van der Waals surface area contributed by atoms with Crippen LogP contribution in [0.1, 0.15) is 39.0 Å². The van der Waals surface area contributed by atoms with Gasteiger partial charge in [0, 0.05) is 30.8 Å². The first-order valence-corrected chi connectivity index (χ1v) is 6.91. The van der Waals surface area contributed by atoms with Crippen LogP contribution < -0.4 is 11.1 Å². The molecule has 1 unspecified atom stereocenters. The van der Waals surface area contributed by atoms with Crippen molar-refractivity contribution < 1.29 is 4.79 Å². The number of hydrogen-bond acceptors (Lipinski definition) is 3. The zero-order valence-electron chi connectivity index (χ0n) is 11.0. The molecule has 1 amide bonds. The van der Waals surface area contributed by atoms with E-state index in [1.807, 2.05) is 12.3 Å². The molecule has 1 saturated carbocycles. The highest BCUT2D eigenvalue weighted by Crippen LogP contribution is 2.30. The van der Waals surface area contributed by atoms with Crippen molar-refractivity contribution in [1.82, 2.24) is 5.32 Å². The Morgan fingerprint density at radius 3 is 2.67 bits per heavy atom. The Morgan fingerprint density at radius 2 is 2.11 bits per heavy atom. The van der Waals surface area contributed by atoms with Crippen LogP contribution in [0.3, 0.4) is 0 Å². The van der Waals surface area contributed by atoms with Gasteiger partial charge in [-0.3, -0.25) is 9.79 Å². The maximum Gasteiger partial charge on any atom is 0.223 e. The Morgan fingerprint density at radius 1 is 1.39 bits per heavy atom. The molecule has 1 fully saturated rings. The third-order valence-electron chi connectivity index (χ3n) is 4.08. The van der Waals surface area contributed by atoms with Crippen molar-refractivity contribution in [2.45, 2.75) is 51.1 Å². The molecule has 0 saturated heterocycles. The molecule has 18 heavy (non-hydrogen) atoms. The minimum atomic E-state index is 0.126. The predicted molar refractivity (Wildman–Crippen MR) is 73.3 cm³/mol. The molecule has 0 aromatic heterocycles. The lowest BCUT2D eigenvalue weighted by Crippen LogP contribution is -2.41. The second kappa shape index (κ2) is 6.14.